The van der Waals surface area contributed by atoms with Crippen molar-refractivity contribution in [2.24, 2.45) is 0 Å². The van der Waals surface area contributed by atoms with E-state index >= 15 is 0 Å². The maximum Gasteiger partial charge on any atom is 0.220 e. The zero-order valence-corrected chi connectivity index (χ0v) is 9.89. The van der Waals surface area contributed by atoms with E-state index in [9.17, 15) is 4.79 Å². The summed E-state index contributed by atoms with van der Waals surface area (Å²) in [6.07, 6.45) is 2.60. The predicted molar refractivity (Wildman–Crippen MR) is 57.1 cm³/mol. The number of hydrogen-bond acceptors (Lipinski definition) is 2. The number of halogens is 1. The molecule has 4 heteroatoms. The van der Waals surface area contributed by atoms with Crippen molar-refractivity contribution in [3.8, 4) is 0 Å². The fourth-order valence-corrected chi connectivity index (χ4v) is 1.42. The molecule has 0 rings (SSSR count). The average molecular weight is 252 g/mol. The Labute approximate surface area is 88.4 Å². The summed E-state index contributed by atoms with van der Waals surface area (Å²) in [5, 5.41) is 3.83. The van der Waals surface area contributed by atoms with Crippen molar-refractivity contribution in [3.63, 3.8) is 0 Å². The Morgan fingerprint density at radius 1 is 1.54 bits per heavy atom. The molecule has 1 atom stereocenters. The second kappa shape index (κ2) is 8.51. The second-order valence-electron chi connectivity index (χ2n) is 3.07. The lowest BCUT2D eigenvalue weighted by Crippen LogP contribution is -2.35. The molecule has 3 nitrogen and oxygen atoms in total. The molecular formula is C9H18BrNO2. The normalized spacial score (nSPS) is 12.5. The van der Waals surface area contributed by atoms with Gasteiger partial charge in [0.2, 0.25) is 5.91 Å². The summed E-state index contributed by atoms with van der Waals surface area (Å²) in [5.41, 5.74) is 0. The fraction of sp³-hybridized carbons (Fsp3) is 0.889. The maximum atomic E-state index is 11.2. The summed E-state index contributed by atoms with van der Waals surface area (Å²) < 4.78 is 4.91. The van der Waals surface area contributed by atoms with Gasteiger partial charge in [-0.2, -0.15) is 0 Å². The molecule has 0 saturated carbocycles. The van der Waals surface area contributed by atoms with Gasteiger partial charge in [0.05, 0.1) is 6.61 Å². The third kappa shape index (κ3) is 8.25. The molecule has 0 fully saturated rings. The minimum Gasteiger partial charge on any atom is -0.383 e. The first-order valence-corrected chi connectivity index (χ1v) is 5.67. The van der Waals surface area contributed by atoms with Crippen LogP contribution in [-0.4, -0.2) is 31.0 Å². The van der Waals surface area contributed by atoms with E-state index in [2.05, 4.69) is 21.2 Å². The first kappa shape index (κ1) is 12.9. The van der Waals surface area contributed by atoms with Gasteiger partial charge in [-0.05, 0) is 19.8 Å². The van der Waals surface area contributed by atoms with Gasteiger partial charge in [-0.25, -0.2) is 0 Å². The second-order valence-corrected chi connectivity index (χ2v) is 3.86. The number of amides is 1. The van der Waals surface area contributed by atoms with Gasteiger partial charge in [-0.15, -0.1) is 0 Å². The molecule has 0 aromatic carbocycles. The van der Waals surface area contributed by atoms with Gasteiger partial charge in [0.1, 0.15) is 0 Å². The highest BCUT2D eigenvalue weighted by atomic mass is 79.9. The summed E-state index contributed by atoms with van der Waals surface area (Å²) in [5.74, 6) is 0.116. The number of carbonyl (C=O) groups excluding carboxylic acids is 1. The molecule has 0 heterocycles. The van der Waals surface area contributed by atoms with Crippen LogP contribution in [0, 0.1) is 0 Å². The van der Waals surface area contributed by atoms with E-state index in [0.29, 0.717) is 13.0 Å². The van der Waals surface area contributed by atoms with Crippen LogP contribution < -0.4 is 5.32 Å². The zero-order chi connectivity index (χ0) is 10.1. The van der Waals surface area contributed by atoms with Crippen LogP contribution in [0.4, 0.5) is 0 Å². The molecule has 0 aliphatic heterocycles. The molecule has 0 aliphatic carbocycles. The highest BCUT2D eigenvalue weighted by molar-refractivity contribution is 9.09. The van der Waals surface area contributed by atoms with Crippen molar-refractivity contribution in [1.29, 1.82) is 0 Å². The topological polar surface area (TPSA) is 38.3 Å². The number of rotatable bonds is 7. The monoisotopic (exact) mass is 251 g/mol. The van der Waals surface area contributed by atoms with Crippen molar-refractivity contribution < 1.29 is 9.53 Å². The van der Waals surface area contributed by atoms with Crippen molar-refractivity contribution in [2.75, 3.05) is 19.0 Å². The van der Waals surface area contributed by atoms with Crippen LogP contribution in [0.15, 0.2) is 0 Å². The Bertz CT molecular complexity index is 142. The molecule has 0 saturated heterocycles. The summed E-state index contributed by atoms with van der Waals surface area (Å²) >= 11 is 3.32. The predicted octanol–water partition coefficient (Wildman–Crippen LogP) is 1.70. The Morgan fingerprint density at radius 2 is 2.23 bits per heavy atom. The smallest absolute Gasteiger partial charge is 0.220 e. The summed E-state index contributed by atoms with van der Waals surface area (Å²) in [7, 11) is 1.63. The molecule has 0 aromatic heterocycles. The van der Waals surface area contributed by atoms with Crippen LogP contribution in [0.2, 0.25) is 0 Å². The van der Waals surface area contributed by atoms with Crippen LogP contribution in [-0.2, 0) is 9.53 Å². The summed E-state index contributed by atoms with van der Waals surface area (Å²) in [4.78, 5) is 11.2. The van der Waals surface area contributed by atoms with Crippen LogP contribution >= 0.6 is 15.9 Å². The van der Waals surface area contributed by atoms with E-state index in [1.807, 2.05) is 6.92 Å². The van der Waals surface area contributed by atoms with Gasteiger partial charge in [0.25, 0.3) is 0 Å². The maximum absolute atomic E-state index is 11.2. The van der Waals surface area contributed by atoms with Crippen molar-refractivity contribution >= 4 is 21.8 Å². The molecule has 78 valence electrons. The molecule has 1 unspecified atom stereocenters. The van der Waals surface area contributed by atoms with Gasteiger partial charge in [0, 0.05) is 24.9 Å². The molecule has 13 heavy (non-hydrogen) atoms. The minimum atomic E-state index is 0.112. The van der Waals surface area contributed by atoms with Crippen molar-refractivity contribution in [3.05, 3.63) is 0 Å². The number of alkyl halides is 1. The summed E-state index contributed by atoms with van der Waals surface area (Å²) in [6, 6.07) is 0.112. The molecule has 0 radical (unpaired) electrons. The van der Waals surface area contributed by atoms with Crippen LogP contribution in [0.1, 0.15) is 26.2 Å². The molecular weight excluding hydrogens is 234 g/mol. The van der Waals surface area contributed by atoms with E-state index in [1.165, 1.54) is 0 Å². The van der Waals surface area contributed by atoms with E-state index in [0.717, 1.165) is 18.2 Å². The zero-order valence-electron chi connectivity index (χ0n) is 8.31. The van der Waals surface area contributed by atoms with Crippen LogP contribution in [0.25, 0.3) is 0 Å². The highest BCUT2D eigenvalue weighted by Crippen LogP contribution is 1.98. The van der Waals surface area contributed by atoms with Gasteiger partial charge in [-0.1, -0.05) is 15.9 Å². The lowest BCUT2D eigenvalue weighted by Gasteiger charge is -2.12. The Hall–Kier alpha value is -0.0900. The van der Waals surface area contributed by atoms with Crippen molar-refractivity contribution in [2.45, 2.75) is 32.2 Å². The Morgan fingerprint density at radius 3 is 2.77 bits per heavy atom. The number of ether oxygens (including phenoxy) is 1. The quantitative estimate of drug-likeness (QED) is 0.553. The van der Waals surface area contributed by atoms with E-state index < -0.39 is 0 Å². The fourth-order valence-electron chi connectivity index (χ4n) is 1.02. The number of nitrogens with one attached hydrogen (secondary N) is 1. The molecule has 0 spiro atoms. The SMILES string of the molecule is COCC(C)NC(=O)CCCCBr. The number of carbonyl (C=O) groups is 1. The first-order chi connectivity index (χ1) is 6.20. The molecule has 0 bridgehead atoms. The number of methoxy groups -OCH3 is 1. The van der Waals surface area contributed by atoms with Crippen molar-refractivity contribution in [1.82, 2.24) is 5.32 Å². The Balaban J connectivity index is 3.38. The van der Waals surface area contributed by atoms with Crippen LogP contribution in [0.5, 0.6) is 0 Å². The van der Waals surface area contributed by atoms with Gasteiger partial charge < -0.3 is 10.1 Å². The molecule has 1 N–H and O–H groups in total. The highest BCUT2D eigenvalue weighted by Gasteiger charge is 2.05. The largest absolute Gasteiger partial charge is 0.383 e. The lowest BCUT2D eigenvalue weighted by molar-refractivity contribution is -0.122. The Kier molecular flexibility index (Phi) is 8.45. The van der Waals surface area contributed by atoms with Gasteiger partial charge in [-0.3, -0.25) is 4.79 Å². The standard InChI is InChI=1S/C9H18BrNO2/c1-8(7-13-2)11-9(12)5-3-4-6-10/h8H,3-7H2,1-2H3,(H,11,12). The van der Waals surface area contributed by atoms with Gasteiger partial charge >= 0.3 is 0 Å². The lowest BCUT2D eigenvalue weighted by atomic mass is 10.2. The third-order valence-electron chi connectivity index (χ3n) is 1.61. The van der Waals surface area contributed by atoms with E-state index in [1.54, 1.807) is 7.11 Å². The third-order valence-corrected chi connectivity index (χ3v) is 2.17. The van der Waals surface area contributed by atoms with E-state index in [4.69, 9.17) is 4.74 Å². The first-order valence-electron chi connectivity index (χ1n) is 4.55. The van der Waals surface area contributed by atoms with Crippen LogP contribution in [0.3, 0.4) is 0 Å². The van der Waals surface area contributed by atoms with E-state index in [-0.39, 0.29) is 11.9 Å². The molecule has 1 amide bonds. The molecule has 0 aliphatic rings. The average Bonchev–Trinajstić information content (AvgIpc) is 2.05. The summed E-state index contributed by atoms with van der Waals surface area (Å²) in [6.45, 7) is 2.51. The van der Waals surface area contributed by atoms with Gasteiger partial charge in [0.15, 0.2) is 0 Å². The minimum absolute atomic E-state index is 0.112. The number of hydrogen-bond donors (Lipinski definition) is 1. The number of unbranched alkanes of at least 4 members (excludes halogenated alkanes) is 1. The molecule has 0 aromatic rings.